The van der Waals surface area contributed by atoms with Gasteiger partial charge in [-0.3, -0.25) is 9.79 Å². The van der Waals surface area contributed by atoms with Crippen LogP contribution in [0.15, 0.2) is 29.3 Å². The zero-order chi connectivity index (χ0) is 21.7. The third kappa shape index (κ3) is 6.08. The molecule has 1 aromatic carbocycles. The van der Waals surface area contributed by atoms with E-state index in [1.807, 2.05) is 24.1 Å². The van der Waals surface area contributed by atoms with Crippen LogP contribution >= 0.6 is 35.6 Å². The Bertz CT molecular complexity index is 794. The number of aliphatic imine (C=N–C) groups is 1. The van der Waals surface area contributed by atoms with Crippen LogP contribution in [-0.4, -0.2) is 62.7 Å². The van der Waals surface area contributed by atoms with Crippen molar-refractivity contribution in [3.63, 3.8) is 0 Å². The number of halogens is 2. The van der Waals surface area contributed by atoms with E-state index in [4.69, 9.17) is 16.3 Å². The molecule has 32 heavy (non-hydrogen) atoms. The topological polar surface area (TPSA) is 66.0 Å². The SMILES string of the molecule is CN=C(NCC1(c2cccc(Cl)c2)CCOCC1)NC1CCN(C(=O)C2CCCC2)C1.I. The average molecular weight is 575 g/mol. The highest BCUT2D eigenvalue weighted by molar-refractivity contribution is 14.0. The van der Waals surface area contributed by atoms with E-state index in [1.165, 1.54) is 18.4 Å². The summed E-state index contributed by atoms with van der Waals surface area (Å²) in [5.41, 5.74) is 1.22. The number of likely N-dealkylation sites (tertiary alicyclic amines) is 1. The van der Waals surface area contributed by atoms with Crippen molar-refractivity contribution in [3.05, 3.63) is 34.9 Å². The lowest BCUT2D eigenvalue weighted by Crippen LogP contribution is -2.50. The van der Waals surface area contributed by atoms with Crippen LogP contribution in [0.25, 0.3) is 0 Å². The molecular formula is C24H36ClIN4O2. The molecule has 178 valence electrons. The lowest BCUT2D eigenvalue weighted by Gasteiger charge is -2.38. The Morgan fingerprint density at radius 1 is 1.25 bits per heavy atom. The fraction of sp³-hybridized carbons (Fsp3) is 0.667. The number of carbonyl (C=O) groups is 1. The normalized spacial score (nSPS) is 23.6. The molecule has 0 bridgehead atoms. The highest BCUT2D eigenvalue weighted by Gasteiger charge is 2.36. The highest BCUT2D eigenvalue weighted by Crippen LogP contribution is 2.35. The maximum atomic E-state index is 12.7. The smallest absolute Gasteiger partial charge is 0.225 e. The predicted molar refractivity (Wildman–Crippen MR) is 140 cm³/mol. The summed E-state index contributed by atoms with van der Waals surface area (Å²) in [4.78, 5) is 19.2. The molecule has 2 saturated heterocycles. The summed E-state index contributed by atoms with van der Waals surface area (Å²) in [5, 5.41) is 7.88. The van der Waals surface area contributed by atoms with E-state index >= 15 is 0 Å². The zero-order valence-corrected chi connectivity index (χ0v) is 22.0. The first-order valence-electron chi connectivity index (χ1n) is 11.7. The standard InChI is InChI=1S/C24H35ClN4O2.HI/c1-26-23(28-21-9-12-29(16-21)22(30)18-5-2-3-6-18)27-17-24(10-13-31-14-11-24)19-7-4-8-20(25)15-19;/h4,7-8,15,18,21H,2-3,5-6,9-14,16-17H2,1H3,(H2,26,27,28);1H. The van der Waals surface area contributed by atoms with Gasteiger partial charge in [-0.2, -0.15) is 0 Å². The minimum absolute atomic E-state index is 0. The molecule has 3 aliphatic rings. The second kappa shape index (κ2) is 11.9. The Morgan fingerprint density at radius 3 is 2.69 bits per heavy atom. The van der Waals surface area contributed by atoms with Gasteiger partial charge in [-0.05, 0) is 49.8 Å². The fourth-order valence-corrected chi connectivity index (χ4v) is 5.49. The fourth-order valence-electron chi connectivity index (χ4n) is 5.30. The van der Waals surface area contributed by atoms with Crippen molar-refractivity contribution in [2.45, 2.75) is 56.4 Å². The number of nitrogens with one attached hydrogen (secondary N) is 2. The molecular weight excluding hydrogens is 539 g/mol. The molecule has 1 amide bonds. The summed E-state index contributed by atoms with van der Waals surface area (Å²) in [6.07, 6.45) is 7.38. The van der Waals surface area contributed by atoms with Gasteiger partial charge < -0.3 is 20.3 Å². The largest absolute Gasteiger partial charge is 0.381 e. The van der Waals surface area contributed by atoms with Crippen LogP contribution in [0.4, 0.5) is 0 Å². The number of ether oxygens (including phenoxy) is 1. The average Bonchev–Trinajstić information content (AvgIpc) is 3.49. The highest BCUT2D eigenvalue weighted by atomic mass is 127. The molecule has 6 nitrogen and oxygen atoms in total. The van der Waals surface area contributed by atoms with Crippen molar-refractivity contribution in [1.29, 1.82) is 0 Å². The maximum absolute atomic E-state index is 12.7. The van der Waals surface area contributed by atoms with Crippen LogP contribution in [0.2, 0.25) is 5.02 Å². The molecule has 4 rings (SSSR count). The molecule has 2 heterocycles. The Kier molecular flexibility index (Phi) is 9.49. The number of amides is 1. The van der Waals surface area contributed by atoms with E-state index < -0.39 is 0 Å². The predicted octanol–water partition coefficient (Wildman–Crippen LogP) is 3.96. The first-order chi connectivity index (χ1) is 15.1. The van der Waals surface area contributed by atoms with Crippen LogP contribution < -0.4 is 10.6 Å². The van der Waals surface area contributed by atoms with Crippen LogP contribution in [0.5, 0.6) is 0 Å². The van der Waals surface area contributed by atoms with Gasteiger partial charge in [-0.25, -0.2) is 0 Å². The van der Waals surface area contributed by atoms with Crippen molar-refractivity contribution in [3.8, 4) is 0 Å². The van der Waals surface area contributed by atoms with Gasteiger partial charge in [0.05, 0.1) is 0 Å². The van der Waals surface area contributed by atoms with Gasteiger partial charge in [0.15, 0.2) is 5.96 Å². The number of rotatable bonds is 5. The van der Waals surface area contributed by atoms with Gasteiger partial charge >= 0.3 is 0 Å². The van der Waals surface area contributed by atoms with E-state index in [-0.39, 0.29) is 41.4 Å². The molecule has 1 atom stereocenters. The quantitative estimate of drug-likeness (QED) is 0.318. The van der Waals surface area contributed by atoms with E-state index in [0.29, 0.717) is 5.91 Å². The van der Waals surface area contributed by atoms with Crippen LogP contribution in [0, 0.1) is 5.92 Å². The molecule has 0 aromatic heterocycles. The van der Waals surface area contributed by atoms with Crippen LogP contribution in [0.3, 0.4) is 0 Å². The zero-order valence-electron chi connectivity index (χ0n) is 18.9. The van der Waals surface area contributed by atoms with Gasteiger partial charge in [0, 0.05) is 62.3 Å². The third-order valence-corrected chi connectivity index (χ3v) is 7.49. The summed E-state index contributed by atoms with van der Waals surface area (Å²) in [6, 6.07) is 8.43. The first-order valence-corrected chi connectivity index (χ1v) is 12.1. The molecule has 8 heteroatoms. The molecule has 2 aliphatic heterocycles. The van der Waals surface area contributed by atoms with Crippen molar-refractivity contribution >= 4 is 47.4 Å². The lowest BCUT2D eigenvalue weighted by molar-refractivity contribution is -0.134. The summed E-state index contributed by atoms with van der Waals surface area (Å²) in [7, 11) is 1.81. The number of hydrogen-bond donors (Lipinski definition) is 2. The monoisotopic (exact) mass is 574 g/mol. The van der Waals surface area contributed by atoms with Gasteiger partial charge in [-0.15, -0.1) is 24.0 Å². The molecule has 1 unspecified atom stereocenters. The van der Waals surface area contributed by atoms with Crippen molar-refractivity contribution < 1.29 is 9.53 Å². The number of carbonyl (C=O) groups excluding carboxylic acids is 1. The minimum atomic E-state index is -0.0269. The number of guanidine groups is 1. The molecule has 1 saturated carbocycles. The second-order valence-electron chi connectivity index (χ2n) is 9.22. The van der Waals surface area contributed by atoms with Gasteiger partial charge in [0.25, 0.3) is 0 Å². The number of hydrogen-bond acceptors (Lipinski definition) is 3. The van der Waals surface area contributed by atoms with Crippen molar-refractivity contribution in [2.75, 3.05) is 39.9 Å². The van der Waals surface area contributed by atoms with E-state index in [9.17, 15) is 4.79 Å². The lowest BCUT2D eigenvalue weighted by atomic mass is 9.74. The summed E-state index contributed by atoms with van der Waals surface area (Å²) < 4.78 is 5.65. The van der Waals surface area contributed by atoms with E-state index in [1.54, 1.807) is 0 Å². The summed E-state index contributed by atoms with van der Waals surface area (Å²) in [5.74, 6) is 1.40. The molecule has 1 aliphatic carbocycles. The van der Waals surface area contributed by atoms with Crippen molar-refractivity contribution in [2.24, 2.45) is 10.9 Å². The maximum Gasteiger partial charge on any atom is 0.225 e. The Labute approximate surface area is 213 Å². The second-order valence-corrected chi connectivity index (χ2v) is 9.66. The molecule has 2 N–H and O–H groups in total. The summed E-state index contributed by atoms with van der Waals surface area (Å²) >= 11 is 6.30. The molecule has 3 fully saturated rings. The Balaban J connectivity index is 0.00000289. The molecule has 0 spiro atoms. The van der Waals surface area contributed by atoms with E-state index in [0.717, 1.165) is 75.9 Å². The first kappa shape index (κ1) is 25.6. The van der Waals surface area contributed by atoms with Gasteiger partial charge in [0.1, 0.15) is 0 Å². The Morgan fingerprint density at radius 2 is 2.00 bits per heavy atom. The molecule has 0 radical (unpaired) electrons. The number of nitrogens with zero attached hydrogens (tertiary/aromatic N) is 2. The van der Waals surface area contributed by atoms with Crippen molar-refractivity contribution in [1.82, 2.24) is 15.5 Å². The molecule has 1 aromatic rings. The van der Waals surface area contributed by atoms with E-state index in [2.05, 4.69) is 27.8 Å². The van der Waals surface area contributed by atoms with Crippen LogP contribution in [-0.2, 0) is 14.9 Å². The minimum Gasteiger partial charge on any atom is -0.381 e. The number of benzene rings is 1. The Hall–Kier alpha value is -1.06. The van der Waals surface area contributed by atoms with Gasteiger partial charge in [-0.1, -0.05) is 36.6 Å². The van der Waals surface area contributed by atoms with Crippen LogP contribution in [0.1, 0.15) is 50.5 Å². The third-order valence-electron chi connectivity index (χ3n) is 7.25. The van der Waals surface area contributed by atoms with Gasteiger partial charge in [0.2, 0.25) is 5.91 Å². The summed E-state index contributed by atoms with van der Waals surface area (Å²) in [6.45, 7) is 3.88.